The summed E-state index contributed by atoms with van der Waals surface area (Å²) in [6.07, 6.45) is 2.54. The molecular weight excluding hydrogens is 396 g/mol. The topological polar surface area (TPSA) is 98.5 Å². The molecule has 2 atom stereocenters. The van der Waals surface area contributed by atoms with Crippen molar-refractivity contribution in [3.8, 4) is 17.2 Å². The number of aromatic nitrogens is 3. The Labute approximate surface area is 179 Å². The van der Waals surface area contributed by atoms with E-state index in [1.165, 1.54) is 13.4 Å². The molecule has 8 heteroatoms. The highest BCUT2D eigenvalue weighted by molar-refractivity contribution is 6.00. The van der Waals surface area contributed by atoms with Crippen molar-refractivity contribution in [3.05, 3.63) is 71.2 Å². The zero-order chi connectivity index (χ0) is 21.5. The third-order valence-corrected chi connectivity index (χ3v) is 5.97. The molecule has 0 radical (unpaired) electrons. The first kappa shape index (κ1) is 19.2. The number of hydrogen-bond donors (Lipinski definition) is 2. The molecule has 1 aromatic heterocycles. The fourth-order valence-electron chi connectivity index (χ4n) is 4.45. The molecule has 0 amide bonds. The molecule has 2 aromatic carbocycles. The number of fused-ring (bicyclic) bond motifs is 1. The number of methoxy groups -OCH3 is 2. The molecule has 0 saturated carbocycles. The van der Waals surface area contributed by atoms with Crippen LogP contribution in [0.1, 0.15) is 35.9 Å². The first-order valence-corrected chi connectivity index (χ1v) is 10.0. The number of ether oxygens (including phenoxy) is 2. The lowest BCUT2D eigenvalue weighted by Crippen LogP contribution is -2.33. The molecule has 0 unspecified atom stereocenters. The highest BCUT2D eigenvalue weighted by atomic mass is 16.5. The van der Waals surface area contributed by atoms with Crippen molar-refractivity contribution >= 4 is 11.7 Å². The van der Waals surface area contributed by atoms with Crippen molar-refractivity contribution in [1.29, 1.82) is 0 Å². The number of nitrogens with one attached hydrogen (secondary N) is 1. The number of phenols is 1. The summed E-state index contributed by atoms with van der Waals surface area (Å²) in [6, 6.07) is 12.5. The predicted octanol–water partition coefficient (Wildman–Crippen LogP) is 3.42. The Kier molecular flexibility index (Phi) is 4.62. The number of carbonyl (C=O) groups excluding carboxylic acids is 1. The number of anilines is 1. The third-order valence-electron chi connectivity index (χ3n) is 5.97. The zero-order valence-corrected chi connectivity index (χ0v) is 17.2. The Hall–Kier alpha value is -3.81. The molecule has 2 heterocycles. The molecule has 2 aliphatic rings. The lowest BCUT2D eigenvalue weighted by molar-refractivity contribution is -0.116. The van der Waals surface area contributed by atoms with Crippen molar-refractivity contribution in [2.75, 3.05) is 19.5 Å². The van der Waals surface area contributed by atoms with Crippen LogP contribution in [0.15, 0.2) is 60.1 Å². The number of benzene rings is 2. The number of aromatic hydroxyl groups is 1. The van der Waals surface area contributed by atoms with Gasteiger partial charge in [0.05, 0.1) is 14.2 Å². The number of phenolic OH excluding ortho intramolecular Hbond substituents is 1. The standard InChI is InChI=1S/C23H22N4O4/c1-30-16-6-3-13(4-7-16)15-9-17-21(19(29)11-15)22(27-23(26-17)24-12-25-27)14-5-8-20(31-2)18(28)10-14/h3-8,10,12,15,22,28H,9,11H2,1-2H3,(H,24,25,26)/t15-,22-/m0/s1. The molecule has 158 valence electrons. The third kappa shape index (κ3) is 3.20. The summed E-state index contributed by atoms with van der Waals surface area (Å²) in [5.41, 5.74) is 3.34. The fourth-order valence-corrected chi connectivity index (χ4v) is 4.45. The van der Waals surface area contributed by atoms with Crippen LogP contribution in [0.2, 0.25) is 0 Å². The summed E-state index contributed by atoms with van der Waals surface area (Å²) in [4.78, 5) is 17.7. The molecule has 8 nitrogen and oxygen atoms in total. The van der Waals surface area contributed by atoms with Gasteiger partial charge < -0.3 is 19.9 Å². The van der Waals surface area contributed by atoms with Gasteiger partial charge in [-0.05, 0) is 47.7 Å². The largest absolute Gasteiger partial charge is 0.504 e. The molecule has 0 bridgehead atoms. The van der Waals surface area contributed by atoms with E-state index in [0.717, 1.165) is 22.6 Å². The summed E-state index contributed by atoms with van der Waals surface area (Å²) < 4.78 is 12.1. The number of hydrogen-bond acceptors (Lipinski definition) is 7. The van der Waals surface area contributed by atoms with Crippen LogP contribution in [-0.4, -0.2) is 39.9 Å². The maximum atomic E-state index is 13.4. The Morgan fingerprint density at radius 3 is 2.55 bits per heavy atom. The van der Waals surface area contributed by atoms with E-state index in [1.807, 2.05) is 30.3 Å². The normalized spacial score (nSPS) is 20.0. The van der Waals surface area contributed by atoms with Gasteiger partial charge in [0.1, 0.15) is 18.1 Å². The van der Waals surface area contributed by atoms with Crippen LogP contribution in [0.5, 0.6) is 17.2 Å². The summed E-state index contributed by atoms with van der Waals surface area (Å²) in [5.74, 6) is 1.86. The van der Waals surface area contributed by atoms with Crippen LogP contribution >= 0.6 is 0 Å². The van der Waals surface area contributed by atoms with E-state index < -0.39 is 6.04 Å². The zero-order valence-electron chi connectivity index (χ0n) is 17.2. The Bertz CT molecular complexity index is 1180. The van der Waals surface area contributed by atoms with E-state index in [0.29, 0.717) is 30.1 Å². The maximum Gasteiger partial charge on any atom is 0.226 e. The Morgan fingerprint density at radius 1 is 1.06 bits per heavy atom. The van der Waals surface area contributed by atoms with Crippen molar-refractivity contribution < 1.29 is 19.4 Å². The minimum Gasteiger partial charge on any atom is -0.504 e. The Balaban J connectivity index is 1.56. The van der Waals surface area contributed by atoms with Crippen LogP contribution in [-0.2, 0) is 4.79 Å². The first-order chi connectivity index (χ1) is 15.1. The highest BCUT2D eigenvalue weighted by Crippen LogP contribution is 2.45. The number of nitrogens with zero attached hydrogens (tertiary/aromatic N) is 3. The fraction of sp³-hybridized carbons (Fsp3) is 0.261. The molecule has 1 aliphatic carbocycles. The second-order valence-corrected chi connectivity index (χ2v) is 7.68. The monoisotopic (exact) mass is 418 g/mol. The van der Waals surface area contributed by atoms with E-state index >= 15 is 0 Å². The predicted molar refractivity (Wildman–Crippen MR) is 113 cm³/mol. The van der Waals surface area contributed by atoms with Crippen LogP contribution < -0.4 is 14.8 Å². The van der Waals surface area contributed by atoms with Crippen LogP contribution in [0.3, 0.4) is 0 Å². The van der Waals surface area contributed by atoms with E-state index in [1.54, 1.807) is 23.9 Å². The summed E-state index contributed by atoms with van der Waals surface area (Å²) in [6.45, 7) is 0. The SMILES string of the molecule is COc1ccc([C@@H]2CC(=O)C3=C(C2)Nc2ncnn2[C@H]3c2ccc(OC)c(O)c2)cc1. The summed E-state index contributed by atoms with van der Waals surface area (Å²) in [5, 5.41) is 18.0. The maximum absolute atomic E-state index is 13.4. The number of ketones is 1. The number of carbonyl (C=O) groups is 1. The van der Waals surface area contributed by atoms with Crippen molar-refractivity contribution in [1.82, 2.24) is 14.8 Å². The van der Waals surface area contributed by atoms with E-state index in [4.69, 9.17) is 9.47 Å². The molecule has 0 saturated heterocycles. The summed E-state index contributed by atoms with van der Waals surface area (Å²) in [7, 11) is 3.13. The van der Waals surface area contributed by atoms with Crippen LogP contribution in [0, 0.1) is 0 Å². The number of allylic oxidation sites excluding steroid dienone is 2. The van der Waals surface area contributed by atoms with Gasteiger partial charge in [0, 0.05) is 17.7 Å². The van der Waals surface area contributed by atoms with Crippen molar-refractivity contribution in [3.63, 3.8) is 0 Å². The average Bonchev–Trinajstić information content (AvgIpc) is 3.25. The van der Waals surface area contributed by atoms with Gasteiger partial charge in [0.25, 0.3) is 0 Å². The van der Waals surface area contributed by atoms with Crippen LogP contribution in [0.4, 0.5) is 5.95 Å². The van der Waals surface area contributed by atoms with Crippen molar-refractivity contribution in [2.45, 2.75) is 24.8 Å². The van der Waals surface area contributed by atoms with Gasteiger partial charge in [-0.25, -0.2) is 4.68 Å². The number of Topliss-reactive ketones (excluding diaryl/α,β-unsaturated/α-hetero) is 1. The lowest BCUT2D eigenvalue weighted by Gasteiger charge is -2.35. The first-order valence-electron chi connectivity index (χ1n) is 10.0. The van der Waals surface area contributed by atoms with Gasteiger partial charge in [0.2, 0.25) is 5.95 Å². The van der Waals surface area contributed by atoms with Crippen LogP contribution in [0.25, 0.3) is 0 Å². The van der Waals surface area contributed by atoms with Gasteiger partial charge in [-0.2, -0.15) is 10.1 Å². The molecule has 0 fully saturated rings. The second-order valence-electron chi connectivity index (χ2n) is 7.68. The molecule has 1 aliphatic heterocycles. The molecule has 2 N–H and O–H groups in total. The highest BCUT2D eigenvalue weighted by Gasteiger charge is 2.39. The Morgan fingerprint density at radius 2 is 1.84 bits per heavy atom. The smallest absolute Gasteiger partial charge is 0.226 e. The number of rotatable bonds is 4. The van der Waals surface area contributed by atoms with Gasteiger partial charge in [-0.15, -0.1) is 0 Å². The second kappa shape index (κ2) is 7.46. The quantitative estimate of drug-likeness (QED) is 0.670. The van der Waals surface area contributed by atoms with E-state index in [-0.39, 0.29) is 17.5 Å². The van der Waals surface area contributed by atoms with Crippen molar-refractivity contribution in [2.24, 2.45) is 0 Å². The lowest BCUT2D eigenvalue weighted by atomic mass is 9.78. The average molecular weight is 418 g/mol. The van der Waals surface area contributed by atoms with Gasteiger partial charge in [-0.3, -0.25) is 4.79 Å². The van der Waals surface area contributed by atoms with Gasteiger partial charge >= 0.3 is 0 Å². The minimum atomic E-state index is -0.463. The molecule has 3 aromatic rings. The molecule has 5 rings (SSSR count). The van der Waals surface area contributed by atoms with E-state index in [9.17, 15) is 9.90 Å². The van der Waals surface area contributed by atoms with E-state index in [2.05, 4.69) is 15.4 Å². The molecule has 31 heavy (non-hydrogen) atoms. The summed E-state index contributed by atoms with van der Waals surface area (Å²) >= 11 is 0. The molecular formula is C23H22N4O4. The van der Waals surface area contributed by atoms with Gasteiger partial charge in [-0.1, -0.05) is 18.2 Å². The minimum absolute atomic E-state index is 0.0155. The molecule has 0 spiro atoms. The van der Waals surface area contributed by atoms with Gasteiger partial charge in [0.15, 0.2) is 17.3 Å².